The molecule has 1 fully saturated rings. The molecule has 1 aliphatic rings. The van der Waals surface area contributed by atoms with Gasteiger partial charge in [-0.15, -0.1) is 0 Å². The second-order valence-electron chi connectivity index (χ2n) is 4.24. The minimum Gasteiger partial charge on any atom is -0.361 e. The number of H-pyrrole nitrogens is 1. The van der Waals surface area contributed by atoms with Crippen molar-refractivity contribution in [2.75, 3.05) is 6.54 Å². The second-order valence-corrected chi connectivity index (χ2v) is 4.24. The Labute approximate surface area is 87.3 Å². The number of nitrogens with two attached hydrogens (primary N) is 1. The van der Waals surface area contributed by atoms with E-state index in [1.54, 1.807) is 6.07 Å². The molecule has 0 amide bonds. The molecule has 1 aromatic heterocycles. The van der Waals surface area contributed by atoms with Crippen LogP contribution >= 0.6 is 0 Å². The van der Waals surface area contributed by atoms with Gasteiger partial charge in [0.1, 0.15) is 5.82 Å². The Bertz CT molecular complexity index is 503. The average molecular weight is 204 g/mol. The van der Waals surface area contributed by atoms with E-state index in [2.05, 4.69) is 4.98 Å². The fraction of sp³-hybridized carbons (Fsp3) is 0.333. The van der Waals surface area contributed by atoms with E-state index < -0.39 is 0 Å². The summed E-state index contributed by atoms with van der Waals surface area (Å²) in [6, 6.07) is 5.15. The summed E-state index contributed by atoms with van der Waals surface area (Å²) in [5.74, 6) is 0.871. The SMILES string of the molecule is NCC1CC1c1c[nH]c2cccc(F)c12. The van der Waals surface area contributed by atoms with Gasteiger partial charge in [-0.2, -0.15) is 0 Å². The van der Waals surface area contributed by atoms with Gasteiger partial charge in [-0.1, -0.05) is 6.07 Å². The van der Waals surface area contributed by atoms with Crippen LogP contribution in [-0.2, 0) is 0 Å². The lowest BCUT2D eigenvalue weighted by atomic mass is 10.1. The fourth-order valence-electron chi connectivity index (χ4n) is 2.35. The molecule has 3 N–H and O–H groups in total. The minimum atomic E-state index is -0.133. The van der Waals surface area contributed by atoms with Gasteiger partial charge in [0.2, 0.25) is 0 Å². The van der Waals surface area contributed by atoms with Crippen molar-refractivity contribution in [3.8, 4) is 0 Å². The van der Waals surface area contributed by atoms with Gasteiger partial charge in [-0.25, -0.2) is 4.39 Å². The van der Waals surface area contributed by atoms with Crippen LogP contribution in [0.5, 0.6) is 0 Å². The first-order chi connectivity index (χ1) is 7.31. The molecule has 1 heterocycles. The molecule has 0 spiro atoms. The van der Waals surface area contributed by atoms with E-state index in [4.69, 9.17) is 5.73 Å². The molecule has 0 saturated heterocycles. The molecule has 1 aromatic carbocycles. The average Bonchev–Trinajstić information content (AvgIpc) is 2.90. The van der Waals surface area contributed by atoms with Crippen LogP contribution in [0.25, 0.3) is 10.9 Å². The molecule has 1 aliphatic carbocycles. The standard InChI is InChI=1S/C12H13FN2/c13-10-2-1-3-11-12(10)9(6-15-11)8-4-7(8)5-14/h1-3,6-8,15H,4-5,14H2. The van der Waals surface area contributed by atoms with E-state index >= 15 is 0 Å². The summed E-state index contributed by atoms with van der Waals surface area (Å²) < 4.78 is 13.6. The summed E-state index contributed by atoms with van der Waals surface area (Å²) in [5.41, 5.74) is 7.59. The quantitative estimate of drug-likeness (QED) is 0.774. The van der Waals surface area contributed by atoms with E-state index in [9.17, 15) is 4.39 Å². The van der Waals surface area contributed by atoms with Crippen molar-refractivity contribution in [3.05, 3.63) is 35.8 Å². The van der Waals surface area contributed by atoms with Gasteiger partial charge in [-0.05, 0) is 42.5 Å². The first kappa shape index (κ1) is 8.92. The van der Waals surface area contributed by atoms with Crippen molar-refractivity contribution in [1.29, 1.82) is 0 Å². The van der Waals surface area contributed by atoms with Gasteiger partial charge < -0.3 is 10.7 Å². The number of nitrogens with one attached hydrogen (secondary N) is 1. The molecule has 2 aromatic rings. The number of hydrogen-bond donors (Lipinski definition) is 2. The van der Waals surface area contributed by atoms with Crippen LogP contribution in [0.1, 0.15) is 17.9 Å². The van der Waals surface area contributed by atoms with Crippen LogP contribution in [0.4, 0.5) is 4.39 Å². The van der Waals surface area contributed by atoms with E-state index in [0.29, 0.717) is 18.4 Å². The number of halogens is 1. The Kier molecular flexibility index (Phi) is 1.83. The number of fused-ring (bicyclic) bond motifs is 1. The Morgan fingerprint density at radius 1 is 1.47 bits per heavy atom. The van der Waals surface area contributed by atoms with Crippen LogP contribution < -0.4 is 5.73 Å². The first-order valence-electron chi connectivity index (χ1n) is 5.27. The molecular weight excluding hydrogens is 191 g/mol. The monoisotopic (exact) mass is 204 g/mol. The lowest BCUT2D eigenvalue weighted by Gasteiger charge is -1.98. The number of aromatic nitrogens is 1. The Hall–Kier alpha value is -1.35. The van der Waals surface area contributed by atoms with Crippen molar-refractivity contribution < 1.29 is 4.39 Å². The van der Waals surface area contributed by atoms with E-state index in [1.807, 2.05) is 12.3 Å². The van der Waals surface area contributed by atoms with Gasteiger partial charge in [0.05, 0.1) is 0 Å². The molecule has 0 radical (unpaired) electrons. The van der Waals surface area contributed by atoms with E-state index in [1.165, 1.54) is 6.07 Å². The Morgan fingerprint density at radius 3 is 3.07 bits per heavy atom. The third-order valence-corrected chi connectivity index (χ3v) is 3.31. The van der Waals surface area contributed by atoms with Crippen LogP contribution in [0.3, 0.4) is 0 Å². The summed E-state index contributed by atoms with van der Waals surface area (Å²) in [5, 5.41) is 0.749. The maximum atomic E-state index is 13.6. The molecule has 78 valence electrons. The maximum Gasteiger partial charge on any atom is 0.132 e. The molecule has 2 atom stereocenters. The summed E-state index contributed by atoms with van der Waals surface area (Å²) in [6.45, 7) is 0.700. The first-order valence-corrected chi connectivity index (χ1v) is 5.27. The molecular formula is C12H13FN2. The zero-order chi connectivity index (χ0) is 10.4. The molecule has 2 nitrogen and oxygen atoms in total. The molecule has 3 rings (SSSR count). The summed E-state index contributed by atoms with van der Waals surface area (Å²) in [7, 11) is 0. The number of hydrogen-bond acceptors (Lipinski definition) is 1. The van der Waals surface area contributed by atoms with Gasteiger partial charge in [0.25, 0.3) is 0 Å². The van der Waals surface area contributed by atoms with Crippen molar-refractivity contribution in [2.45, 2.75) is 12.3 Å². The lowest BCUT2D eigenvalue weighted by molar-refractivity contribution is 0.638. The third kappa shape index (κ3) is 1.27. The molecule has 0 aliphatic heterocycles. The highest BCUT2D eigenvalue weighted by Crippen LogP contribution is 2.49. The second kappa shape index (κ2) is 3.07. The number of benzene rings is 1. The largest absolute Gasteiger partial charge is 0.361 e. The normalized spacial score (nSPS) is 24.7. The highest BCUT2D eigenvalue weighted by atomic mass is 19.1. The molecule has 1 saturated carbocycles. The maximum absolute atomic E-state index is 13.6. The smallest absolute Gasteiger partial charge is 0.132 e. The fourth-order valence-corrected chi connectivity index (χ4v) is 2.35. The van der Waals surface area contributed by atoms with Gasteiger partial charge in [0.15, 0.2) is 0 Å². The number of rotatable bonds is 2. The topological polar surface area (TPSA) is 41.8 Å². The third-order valence-electron chi connectivity index (χ3n) is 3.31. The minimum absolute atomic E-state index is 0.133. The molecule has 3 heteroatoms. The Morgan fingerprint density at radius 2 is 2.33 bits per heavy atom. The molecule has 0 bridgehead atoms. The van der Waals surface area contributed by atoms with Gasteiger partial charge >= 0.3 is 0 Å². The lowest BCUT2D eigenvalue weighted by Crippen LogP contribution is -2.01. The van der Waals surface area contributed by atoms with Crippen LogP contribution in [0.15, 0.2) is 24.4 Å². The van der Waals surface area contributed by atoms with Crippen molar-refractivity contribution in [1.82, 2.24) is 4.98 Å². The highest BCUT2D eigenvalue weighted by Gasteiger charge is 2.38. The predicted molar refractivity (Wildman–Crippen MR) is 58.2 cm³/mol. The van der Waals surface area contributed by atoms with Crippen molar-refractivity contribution in [2.24, 2.45) is 11.7 Å². The zero-order valence-corrected chi connectivity index (χ0v) is 8.33. The van der Waals surface area contributed by atoms with Crippen molar-refractivity contribution in [3.63, 3.8) is 0 Å². The molecule has 15 heavy (non-hydrogen) atoms. The van der Waals surface area contributed by atoms with Gasteiger partial charge in [-0.3, -0.25) is 0 Å². The van der Waals surface area contributed by atoms with E-state index in [0.717, 1.165) is 22.9 Å². The molecule has 2 unspecified atom stereocenters. The summed E-state index contributed by atoms with van der Waals surface area (Å²) in [4.78, 5) is 3.11. The highest BCUT2D eigenvalue weighted by molar-refractivity contribution is 5.84. The predicted octanol–water partition coefficient (Wildman–Crippen LogP) is 2.37. The summed E-state index contributed by atoms with van der Waals surface area (Å²) in [6.07, 6.45) is 3.02. The Balaban J connectivity index is 2.12. The zero-order valence-electron chi connectivity index (χ0n) is 8.33. The van der Waals surface area contributed by atoms with Crippen LogP contribution in [-0.4, -0.2) is 11.5 Å². The number of aromatic amines is 1. The van der Waals surface area contributed by atoms with E-state index in [-0.39, 0.29) is 5.82 Å². The van der Waals surface area contributed by atoms with Crippen LogP contribution in [0, 0.1) is 11.7 Å². The van der Waals surface area contributed by atoms with Crippen molar-refractivity contribution >= 4 is 10.9 Å². The summed E-state index contributed by atoms with van der Waals surface area (Å²) >= 11 is 0. The van der Waals surface area contributed by atoms with Gasteiger partial charge in [0, 0.05) is 17.1 Å². The van der Waals surface area contributed by atoms with Crippen LogP contribution in [0.2, 0.25) is 0 Å².